The first-order valence-corrected chi connectivity index (χ1v) is 22.4. The molecule has 5 aliphatic rings. The largest absolute Gasteiger partial charge is 0.496 e. The predicted molar refractivity (Wildman–Crippen MR) is 225 cm³/mol. The van der Waals surface area contributed by atoms with Crippen LogP contribution >= 0.6 is 0 Å². The molecule has 72 heavy (non-hydrogen) atoms. The third-order valence-electron chi connectivity index (χ3n) is 12.7. The highest BCUT2D eigenvalue weighted by Gasteiger charge is 2.55. The molecular formula is C43H60O29. The summed E-state index contributed by atoms with van der Waals surface area (Å²) in [7, 11) is 1.12. The van der Waals surface area contributed by atoms with Crippen molar-refractivity contribution in [2.24, 2.45) is 0 Å². The molecule has 5 fully saturated rings. The Morgan fingerprint density at radius 3 is 1.78 bits per heavy atom. The zero-order valence-corrected chi connectivity index (χ0v) is 38.0. The molecule has 0 saturated carbocycles. The maximum Gasteiger partial charge on any atom is 0.346 e. The Balaban J connectivity index is 1.22. The topological polar surface area (TPSA) is 452 Å². The van der Waals surface area contributed by atoms with Crippen LogP contribution in [0.4, 0.5) is 0 Å². The van der Waals surface area contributed by atoms with Gasteiger partial charge in [-0.25, -0.2) is 4.79 Å². The van der Waals surface area contributed by atoms with Crippen molar-refractivity contribution in [3.63, 3.8) is 0 Å². The average molecular weight is 1040 g/mol. The number of methoxy groups -OCH3 is 1. The molecule has 22 unspecified atom stereocenters. The van der Waals surface area contributed by atoms with E-state index in [9.17, 15) is 86.5 Å². The number of hydrogen-bond donors (Lipinski definition) is 16. The molecule has 2 aromatic carbocycles. The van der Waals surface area contributed by atoms with E-state index in [0.717, 1.165) is 19.2 Å². The van der Waals surface area contributed by atoms with Crippen LogP contribution < -0.4 is 18.9 Å². The van der Waals surface area contributed by atoms with Gasteiger partial charge in [0.25, 0.3) is 0 Å². The highest BCUT2D eigenvalue weighted by atomic mass is 16.8. The van der Waals surface area contributed by atoms with E-state index in [4.69, 9.17) is 56.8 Å². The van der Waals surface area contributed by atoms with Crippen molar-refractivity contribution in [1.82, 2.24) is 0 Å². The van der Waals surface area contributed by atoms with E-state index >= 15 is 0 Å². The number of aliphatic hydroxyl groups is 16. The third-order valence-corrected chi connectivity index (χ3v) is 12.7. The van der Waals surface area contributed by atoms with Gasteiger partial charge in [-0.3, -0.25) is 0 Å². The lowest BCUT2D eigenvalue weighted by Gasteiger charge is -2.45. The van der Waals surface area contributed by atoms with Crippen molar-refractivity contribution in [2.75, 3.05) is 46.8 Å². The molecule has 5 aliphatic heterocycles. The SMILES string of the molecule is COc1ccc(OC2OC(CO)C(OC3OCC(O)(CO)C3O)C(O)C2O)c(OC2OC(CO)C(O)C(O)C2OC2OCC(O)C(O)C2O)c1C(=O)OCc1ccccc1OC1OC(CO)C(O)C(O)C1O. The first kappa shape index (κ1) is 55.9. The predicted octanol–water partition coefficient (Wildman–Crippen LogP) is -8.48. The second kappa shape index (κ2) is 23.8. The number of benzene rings is 2. The van der Waals surface area contributed by atoms with E-state index in [-0.39, 0.29) is 17.1 Å². The van der Waals surface area contributed by atoms with Gasteiger partial charge in [0.1, 0.15) is 121 Å². The summed E-state index contributed by atoms with van der Waals surface area (Å²) < 4.78 is 68.3. The molecule has 406 valence electrons. The average Bonchev–Trinajstić information content (AvgIpc) is 3.67. The number of esters is 1. The molecule has 0 bridgehead atoms. The van der Waals surface area contributed by atoms with Crippen LogP contribution in [0.1, 0.15) is 15.9 Å². The van der Waals surface area contributed by atoms with Gasteiger partial charge in [-0.15, -0.1) is 0 Å². The molecule has 29 nitrogen and oxygen atoms in total. The van der Waals surface area contributed by atoms with Gasteiger partial charge in [0.2, 0.25) is 18.9 Å². The first-order valence-electron chi connectivity index (χ1n) is 22.4. The van der Waals surface area contributed by atoms with Crippen molar-refractivity contribution in [1.29, 1.82) is 0 Å². The highest BCUT2D eigenvalue weighted by Crippen LogP contribution is 2.43. The van der Waals surface area contributed by atoms with Gasteiger partial charge >= 0.3 is 5.97 Å². The number of hydrogen-bond acceptors (Lipinski definition) is 29. The fraction of sp³-hybridized carbons (Fsp3) is 0.698. The van der Waals surface area contributed by atoms with E-state index in [0.29, 0.717) is 0 Å². The molecule has 5 saturated heterocycles. The first-order chi connectivity index (χ1) is 34.3. The van der Waals surface area contributed by atoms with Crippen molar-refractivity contribution < 1.29 is 143 Å². The second-order valence-electron chi connectivity index (χ2n) is 17.5. The minimum atomic E-state index is -2.16. The Labute approximate surface area is 407 Å². The normalized spacial score (nSPS) is 41.4. The highest BCUT2D eigenvalue weighted by molar-refractivity contribution is 5.96. The summed E-state index contributed by atoms with van der Waals surface area (Å²) in [5, 5.41) is 168. The second-order valence-corrected chi connectivity index (χ2v) is 17.5. The van der Waals surface area contributed by atoms with Crippen molar-refractivity contribution >= 4 is 5.97 Å². The molecule has 0 aliphatic carbocycles. The van der Waals surface area contributed by atoms with Gasteiger partial charge in [0, 0.05) is 5.56 Å². The molecule has 22 atom stereocenters. The lowest BCUT2D eigenvalue weighted by atomic mass is 9.98. The molecule has 0 aromatic heterocycles. The van der Waals surface area contributed by atoms with E-state index in [1.165, 1.54) is 24.3 Å². The maximum atomic E-state index is 14.5. The van der Waals surface area contributed by atoms with Crippen LogP contribution in [-0.4, -0.2) is 269 Å². The molecule has 2 aromatic rings. The van der Waals surface area contributed by atoms with Crippen molar-refractivity contribution in [3.8, 4) is 23.0 Å². The number of ether oxygens (including phenoxy) is 12. The van der Waals surface area contributed by atoms with E-state index in [1.54, 1.807) is 0 Å². The van der Waals surface area contributed by atoms with Crippen LogP contribution in [0, 0.1) is 0 Å². The smallest absolute Gasteiger partial charge is 0.346 e. The molecule has 7 rings (SSSR count). The van der Waals surface area contributed by atoms with Gasteiger partial charge < -0.3 is 139 Å². The van der Waals surface area contributed by atoms with Crippen LogP contribution in [0.5, 0.6) is 23.0 Å². The van der Waals surface area contributed by atoms with Crippen molar-refractivity contribution in [2.45, 2.75) is 141 Å². The lowest BCUT2D eigenvalue weighted by Crippen LogP contribution is -2.64. The number of para-hydroxylation sites is 1. The number of carbonyl (C=O) groups excluding carboxylic acids is 1. The van der Waals surface area contributed by atoms with E-state index in [1.807, 2.05) is 0 Å². The Kier molecular flexibility index (Phi) is 18.5. The Hall–Kier alpha value is -3.81. The molecule has 0 amide bonds. The molecule has 16 N–H and O–H groups in total. The zero-order chi connectivity index (χ0) is 52.3. The summed E-state index contributed by atoms with van der Waals surface area (Å²) in [5.41, 5.74) is -2.74. The molecule has 29 heteroatoms. The van der Waals surface area contributed by atoms with Crippen molar-refractivity contribution in [3.05, 3.63) is 47.5 Å². The monoisotopic (exact) mass is 1040 g/mol. The van der Waals surface area contributed by atoms with E-state index < -0.39 is 204 Å². The number of aliphatic hydroxyl groups excluding tert-OH is 15. The molecule has 0 radical (unpaired) electrons. The summed E-state index contributed by atoms with van der Waals surface area (Å²) in [5.74, 6) is -3.09. The molecule has 0 spiro atoms. The quantitative estimate of drug-likeness (QED) is 0.0617. The summed E-state index contributed by atoms with van der Waals surface area (Å²) >= 11 is 0. The van der Waals surface area contributed by atoms with Crippen LogP contribution in [0.25, 0.3) is 0 Å². The molecule has 5 heterocycles. The zero-order valence-electron chi connectivity index (χ0n) is 38.0. The fourth-order valence-corrected chi connectivity index (χ4v) is 8.34. The lowest BCUT2D eigenvalue weighted by molar-refractivity contribution is -0.345. The minimum absolute atomic E-state index is 0.0844. The van der Waals surface area contributed by atoms with Crippen LogP contribution in [0.2, 0.25) is 0 Å². The molecular weight excluding hydrogens is 980 g/mol. The van der Waals surface area contributed by atoms with E-state index in [2.05, 4.69) is 0 Å². The van der Waals surface area contributed by atoms with Gasteiger partial charge in [-0.2, -0.15) is 0 Å². The maximum absolute atomic E-state index is 14.5. The summed E-state index contributed by atoms with van der Waals surface area (Å²) in [4.78, 5) is 14.5. The summed E-state index contributed by atoms with van der Waals surface area (Å²) in [6.45, 7) is -5.48. The van der Waals surface area contributed by atoms with Crippen LogP contribution in [0.15, 0.2) is 36.4 Å². The Morgan fingerprint density at radius 1 is 0.583 bits per heavy atom. The number of carbonyl (C=O) groups is 1. The van der Waals surface area contributed by atoms with Gasteiger partial charge in [0.05, 0.1) is 46.8 Å². The summed E-state index contributed by atoms with van der Waals surface area (Å²) in [6, 6.07) is 8.02. The van der Waals surface area contributed by atoms with Gasteiger partial charge in [0.15, 0.2) is 30.2 Å². The minimum Gasteiger partial charge on any atom is -0.496 e. The van der Waals surface area contributed by atoms with Crippen LogP contribution in [0.3, 0.4) is 0 Å². The standard InChI is InChI=1S/C43H60O29/c1-61-18-6-7-19(66-40-32(57)29(54)34(22(10-46)69-40)71-42-36(58)43(60,13-47)14-64-42)33(70-41-35(28(53)26(51)21(9-45)68-41)72-38-30(55)24(49)16(48)12-63-38)23(18)37(59)62-11-15-4-2-3-5-17(15)65-39-31(56)27(52)25(50)20(8-44)67-39/h2-7,16,20-22,24-32,34-36,38-42,44-58,60H,8-14H2,1H3. The summed E-state index contributed by atoms with van der Waals surface area (Å²) in [6.07, 6.45) is -38.4. The Morgan fingerprint density at radius 2 is 1.14 bits per heavy atom. The van der Waals surface area contributed by atoms with Crippen LogP contribution in [-0.2, 0) is 44.5 Å². The number of rotatable bonds is 18. The van der Waals surface area contributed by atoms with Gasteiger partial charge in [-0.1, -0.05) is 18.2 Å². The fourth-order valence-electron chi connectivity index (χ4n) is 8.34. The van der Waals surface area contributed by atoms with Gasteiger partial charge in [-0.05, 0) is 18.2 Å². The third kappa shape index (κ3) is 11.4. The Bertz CT molecular complexity index is 2080.